The van der Waals surface area contributed by atoms with Gasteiger partial charge in [0.1, 0.15) is 0 Å². The predicted molar refractivity (Wildman–Crippen MR) is 112 cm³/mol. The Bertz CT molecular complexity index is 965. The molecule has 1 aromatic heterocycles. The van der Waals surface area contributed by atoms with Crippen molar-refractivity contribution in [3.63, 3.8) is 0 Å². The van der Waals surface area contributed by atoms with Crippen LogP contribution in [-0.4, -0.2) is 64.1 Å². The minimum Gasteiger partial charge on any atom is -0.349 e. The minimum absolute atomic E-state index is 0.00974. The number of carbonyl (C=O) groups is 4. The number of rotatable bonds is 6. The summed E-state index contributed by atoms with van der Waals surface area (Å²) in [6.45, 7) is 1.39. The van der Waals surface area contributed by atoms with Crippen molar-refractivity contribution in [3.8, 4) is 0 Å². The first-order valence-electron chi connectivity index (χ1n) is 10.5. The van der Waals surface area contributed by atoms with Gasteiger partial charge in [0, 0.05) is 50.1 Å². The van der Waals surface area contributed by atoms with Crippen molar-refractivity contribution in [1.29, 1.82) is 0 Å². The molecule has 0 spiro atoms. The largest absolute Gasteiger partial charge is 0.349 e. The maximum atomic E-state index is 12.5. The summed E-state index contributed by atoms with van der Waals surface area (Å²) in [6, 6.07) is 10.1. The number of aromatic nitrogens is 1. The van der Waals surface area contributed by atoms with E-state index in [-0.39, 0.29) is 42.6 Å². The quantitative estimate of drug-likeness (QED) is 0.720. The fraction of sp³-hybridized carbons (Fsp3) is 0.348. The standard InChI is InChI=1S/C23H24N4O4/c28-20(6-3-13-27-22(30)18-4-1-2-5-19(18)23(27)31)26-14-9-17(10-15-26)25-21(29)16-7-11-24-12-8-16/h1-2,4-5,7-8,11-12,17H,3,6,9-10,13-15H2,(H,25,29). The van der Waals surface area contributed by atoms with Gasteiger partial charge in [0.05, 0.1) is 11.1 Å². The molecule has 8 heteroatoms. The van der Waals surface area contributed by atoms with E-state index in [1.807, 2.05) is 0 Å². The van der Waals surface area contributed by atoms with Gasteiger partial charge in [-0.3, -0.25) is 29.1 Å². The molecular weight excluding hydrogens is 396 g/mol. The van der Waals surface area contributed by atoms with Crippen molar-refractivity contribution in [3.05, 3.63) is 65.5 Å². The number of likely N-dealkylation sites (tertiary alicyclic amines) is 1. The molecule has 4 amide bonds. The van der Waals surface area contributed by atoms with Crippen LogP contribution in [-0.2, 0) is 4.79 Å². The fourth-order valence-electron chi connectivity index (χ4n) is 4.03. The fourth-order valence-corrected chi connectivity index (χ4v) is 4.03. The van der Waals surface area contributed by atoms with Crippen molar-refractivity contribution in [2.45, 2.75) is 31.7 Å². The Labute approximate surface area is 180 Å². The number of carbonyl (C=O) groups excluding carboxylic acids is 4. The number of amides is 4. The number of fused-ring (bicyclic) bond motifs is 1. The molecule has 4 rings (SSSR count). The van der Waals surface area contributed by atoms with Gasteiger partial charge in [0.15, 0.2) is 0 Å². The SMILES string of the molecule is O=C(NC1CCN(C(=O)CCCN2C(=O)c3ccccc3C2=O)CC1)c1ccncc1. The molecule has 1 N–H and O–H groups in total. The Morgan fingerprint density at radius 1 is 0.968 bits per heavy atom. The molecule has 0 unspecified atom stereocenters. The Kier molecular flexibility index (Phi) is 6.06. The summed E-state index contributed by atoms with van der Waals surface area (Å²) < 4.78 is 0. The molecule has 0 bridgehead atoms. The number of piperidine rings is 1. The summed E-state index contributed by atoms with van der Waals surface area (Å²) in [4.78, 5) is 56.5. The average molecular weight is 420 g/mol. The average Bonchev–Trinajstić information content (AvgIpc) is 3.05. The molecular formula is C23H24N4O4. The number of pyridine rings is 1. The summed E-state index contributed by atoms with van der Waals surface area (Å²) >= 11 is 0. The van der Waals surface area contributed by atoms with Gasteiger partial charge in [-0.25, -0.2) is 0 Å². The first-order valence-corrected chi connectivity index (χ1v) is 10.5. The summed E-state index contributed by atoms with van der Waals surface area (Å²) in [5, 5.41) is 3.01. The molecule has 2 aliphatic rings. The third-order valence-electron chi connectivity index (χ3n) is 5.78. The highest BCUT2D eigenvalue weighted by atomic mass is 16.2. The Morgan fingerprint density at radius 3 is 2.19 bits per heavy atom. The van der Waals surface area contributed by atoms with Crippen LogP contribution in [0.2, 0.25) is 0 Å². The zero-order chi connectivity index (χ0) is 21.8. The molecule has 1 fully saturated rings. The zero-order valence-corrected chi connectivity index (χ0v) is 17.1. The van der Waals surface area contributed by atoms with Gasteiger partial charge in [-0.15, -0.1) is 0 Å². The molecule has 160 valence electrons. The topological polar surface area (TPSA) is 99.7 Å². The van der Waals surface area contributed by atoms with E-state index in [1.54, 1.807) is 53.7 Å². The molecule has 2 aliphatic heterocycles. The third kappa shape index (κ3) is 4.47. The van der Waals surface area contributed by atoms with E-state index >= 15 is 0 Å². The van der Waals surface area contributed by atoms with Crippen molar-refractivity contribution in [2.24, 2.45) is 0 Å². The summed E-state index contributed by atoms with van der Waals surface area (Å²) in [5.74, 6) is -0.707. The van der Waals surface area contributed by atoms with Crippen molar-refractivity contribution >= 4 is 23.6 Å². The highest BCUT2D eigenvalue weighted by Crippen LogP contribution is 2.23. The third-order valence-corrected chi connectivity index (χ3v) is 5.78. The van der Waals surface area contributed by atoms with E-state index in [4.69, 9.17) is 0 Å². The molecule has 31 heavy (non-hydrogen) atoms. The van der Waals surface area contributed by atoms with Gasteiger partial charge < -0.3 is 10.2 Å². The normalized spacial score (nSPS) is 16.4. The van der Waals surface area contributed by atoms with Gasteiger partial charge in [-0.05, 0) is 43.5 Å². The lowest BCUT2D eigenvalue weighted by Gasteiger charge is -2.32. The van der Waals surface area contributed by atoms with Gasteiger partial charge in [0.25, 0.3) is 17.7 Å². The highest BCUT2D eigenvalue weighted by Gasteiger charge is 2.34. The molecule has 0 aliphatic carbocycles. The summed E-state index contributed by atoms with van der Waals surface area (Å²) in [5.41, 5.74) is 1.42. The molecule has 3 heterocycles. The molecule has 1 saturated heterocycles. The Morgan fingerprint density at radius 2 is 1.58 bits per heavy atom. The van der Waals surface area contributed by atoms with Crippen LogP contribution in [0, 0.1) is 0 Å². The molecule has 0 atom stereocenters. The maximum absolute atomic E-state index is 12.5. The molecule has 2 aromatic rings. The number of nitrogens with zero attached hydrogens (tertiary/aromatic N) is 3. The van der Waals surface area contributed by atoms with Crippen molar-refractivity contribution < 1.29 is 19.2 Å². The van der Waals surface area contributed by atoms with E-state index in [0.717, 1.165) is 0 Å². The second-order valence-corrected chi connectivity index (χ2v) is 7.78. The number of hydrogen-bond acceptors (Lipinski definition) is 5. The van der Waals surface area contributed by atoms with E-state index in [1.165, 1.54) is 4.90 Å². The van der Waals surface area contributed by atoms with Crippen LogP contribution < -0.4 is 5.32 Å². The molecule has 0 radical (unpaired) electrons. The van der Waals surface area contributed by atoms with Crippen LogP contribution in [0.25, 0.3) is 0 Å². The Hall–Kier alpha value is -3.55. The van der Waals surface area contributed by atoms with Crippen molar-refractivity contribution in [2.75, 3.05) is 19.6 Å². The van der Waals surface area contributed by atoms with E-state index in [9.17, 15) is 19.2 Å². The molecule has 8 nitrogen and oxygen atoms in total. The minimum atomic E-state index is -0.293. The number of imide groups is 1. The maximum Gasteiger partial charge on any atom is 0.261 e. The highest BCUT2D eigenvalue weighted by molar-refractivity contribution is 6.21. The lowest BCUT2D eigenvalue weighted by molar-refractivity contribution is -0.132. The van der Waals surface area contributed by atoms with Crippen LogP contribution in [0.4, 0.5) is 0 Å². The van der Waals surface area contributed by atoms with Gasteiger partial charge in [0.2, 0.25) is 5.91 Å². The smallest absolute Gasteiger partial charge is 0.261 e. The van der Waals surface area contributed by atoms with Crippen LogP contribution in [0.15, 0.2) is 48.8 Å². The second-order valence-electron chi connectivity index (χ2n) is 7.78. The van der Waals surface area contributed by atoms with Crippen LogP contribution in [0.5, 0.6) is 0 Å². The van der Waals surface area contributed by atoms with Crippen LogP contribution in [0.1, 0.15) is 56.8 Å². The monoisotopic (exact) mass is 420 g/mol. The molecule has 0 saturated carbocycles. The first kappa shape index (κ1) is 20.7. The van der Waals surface area contributed by atoms with Gasteiger partial charge in [-0.1, -0.05) is 12.1 Å². The van der Waals surface area contributed by atoms with E-state index < -0.39 is 0 Å². The molecule has 1 aromatic carbocycles. The summed E-state index contributed by atoms with van der Waals surface area (Å²) in [7, 11) is 0. The zero-order valence-electron chi connectivity index (χ0n) is 17.1. The van der Waals surface area contributed by atoms with E-state index in [0.29, 0.717) is 49.0 Å². The summed E-state index contributed by atoms with van der Waals surface area (Å²) in [6.07, 6.45) is 5.27. The van der Waals surface area contributed by atoms with E-state index in [2.05, 4.69) is 10.3 Å². The van der Waals surface area contributed by atoms with Gasteiger partial charge >= 0.3 is 0 Å². The predicted octanol–water partition coefficient (Wildman–Crippen LogP) is 1.88. The first-order chi connectivity index (χ1) is 15.0. The lowest BCUT2D eigenvalue weighted by Crippen LogP contribution is -2.46. The number of benzene rings is 1. The van der Waals surface area contributed by atoms with Crippen molar-refractivity contribution in [1.82, 2.24) is 20.1 Å². The number of hydrogen-bond donors (Lipinski definition) is 1. The second kappa shape index (κ2) is 9.07. The van der Waals surface area contributed by atoms with Crippen LogP contribution in [0.3, 0.4) is 0 Å². The Balaban J connectivity index is 1.20. The van der Waals surface area contributed by atoms with Crippen LogP contribution >= 0.6 is 0 Å². The number of nitrogens with one attached hydrogen (secondary N) is 1. The lowest BCUT2D eigenvalue weighted by atomic mass is 10.0. The van der Waals surface area contributed by atoms with Gasteiger partial charge in [-0.2, -0.15) is 0 Å².